The molecule has 0 saturated carbocycles. The smallest absolute Gasteiger partial charge is 0.421 e. The zero-order valence-corrected chi connectivity index (χ0v) is 10.7. The summed E-state index contributed by atoms with van der Waals surface area (Å²) < 4.78 is 30.0. The van der Waals surface area contributed by atoms with Gasteiger partial charge in [0.2, 0.25) is 0 Å². The van der Waals surface area contributed by atoms with Crippen LogP contribution >= 0.6 is 12.2 Å². The number of nitrogens with two attached hydrogens (primary N) is 1. The normalized spacial score (nSPS) is 11.2. The molecular formula is C7H15N3O4S2. The summed E-state index contributed by atoms with van der Waals surface area (Å²) in [7, 11) is -2.58. The van der Waals surface area contributed by atoms with Crippen molar-refractivity contribution in [3.63, 3.8) is 0 Å². The summed E-state index contributed by atoms with van der Waals surface area (Å²) in [6.45, 7) is 1.77. The second-order valence-corrected chi connectivity index (χ2v) is 5.17. The Hall–Kier alpha value is -0.930. The van der Waals surface area contributed by atoms with Crippen LogP contribution in [0.25, 0.3) is 0 Å². The SMILES string of the molecule is CCOC(=O)NS(=O)(=O)N(C)CCC(N)=S. The average Bonchev–Trinajstić information content (AvgIpc) is 2.13. The summed E-state index contributed by atoms with van der Waals surface area (Å²) in [6.07, 6.45) is -0.764. The molecule has 7 nitrogen and oxygen atoms in total. The number of hydrogen-bond acceptors (Lipinski definition) is 5. The molecule has 0 aliphatic rings. The zero-order valence-electron chi connectivity index (χ0n) is 9.10. The molecule has 0 radical (unpaired) electrons. The summed E-state index contributed by atoms with van der Waals surface area (Å²) in [5, 5.41) is 0. The molecule has 0 spiro atoms. The van der Waals surface area contributed by atoms with Gasteiger partial charge in [0.25, 0.3) is 0 Å². The number of carbonyl (C=O) groups excluding carboxylic acids is 1. The molecule has 94 valence electrons. The molecule has 0 aromatic heterocycles. The van der Waals surface area contributed by atoms with E-state index in [9.17, 15) is 13.2 Å². The molecule has 0 heterocycles. The third kappa shape index (κ3) is 5.83. The molecule has 0 fully saturated rings. The summed E-state index contributed by atoms with van der Waals surface area (Å²) in [4.78, 5) is 11.1. The number of ether oxygens (including phenoxy) is 1. The number of hydrogen-bond donors (Lipinski definition) is 2. The van der Waals surface area contributed by atoms with Gasteiger partial charge in [-0.05, 0) is 6.92 Å². The molecule has 0 bridgehead atoms. The van der Waals surface area contributed by atoms with Gasteiger partial charge in [-0.3, -0.25) is 0 Å². The Labute approximate surface area is 100 Å². The second kappa shape index (κ2) is 6.61. The summed E-state index contributed by atoms with van der Waals surface area (Å²) >= 11 is 4.61. The van der Waals surface area contributed by atoms with Crippen molar-refractivity contribution in [2.75, 3.05) is 20.2 Å². The van der Waals surface area contributed by atoms with Crippen molar-refractivity contribution in [3.05, 3.63) is 0 Å². The number of rotatable bonds is 6. The molecule has 0 saturated heterocycles. The standard InChI is InChI=1S/C7H15N3O4S2/c1-3-14-7(11)9-16(12,13)10(2)5-4-6(8)15/h3-5H2,1-2H3,(H2,8,15)(H,9,11). The molecule has 0 unspecified atom stereocenters. The van der Waals surface area contributed by atoms with E-state index in [4.69, 9.17) is 5.73 Å². The van der Waals surface area contributed by atoms with Gasteiger partial charge < -0.3 is 10.5 Å². The van der Waals surface area contributed by atoms with Crippen molar-refractivity contribution >= 4 is 33.5 Å². The van der Waals surface area contributed by atoms with Gasteiger partial charge >= 0.3 is 16.3 Å². The number of thiocarbonyl (C=S) groups is 1. The predicted octanol–water partition coefficient (Wildman–Crippen LogP) is -0.415. The fourth-order valence-corrected chi connectivity index (χ4v) is 1.58. The fraction of sp³-hybridized carbons (Fsp3) is 0.714. The minimum atomic E-state index is -3.88. The Morgan fingerprint density at radius 3 is 2.56 bits per heavy atom. The van der Waals surface area contributed by atoms with Crippen LogP contribution in [0.1, 0.15) is 13.3 Å². The van der Waals surface area contributed by atoms with Crippen molar-refractivity contribution < 1.29 is 17.9 Å². The Balaban J connectivity index is 4.31. The first kappa shape index (κ1) is 15.1. The van der Waals surface area contributed by atoms with E-state index in [0.29, 0.717) is 0 Å². The van der Waals surface area contributed by atoms with Crippen LogP contribution in [0.3, 0.4) is 0 Å². The summed E-state index contributed by atoms with van der Waals surface area (Å²) in [6, 6.07) is 0. The van der Waals surface area contributed by atoms with E-state index < -0.39 is 16.3 Å². The van der Waals surface area contributed by atoms with Crippen LogP contribution in [0, 0.1) is 0 Å². The maximum absolute atomic E-state index is 11.5. The Morgan fingerprint density at radius 1 is 1.56 bits per heavy atom. The monoisotopic (exact) mass is 269 g/mol. The van der Waals surface area contributed by atoms with Crippen LogP contribution in [0.4, 0.5) is 4.79 Å². The van der Waals surface area contributed by atoms with E-state index in [1.54, 1.807) is 11.6 Å². The third-order valence-corrected chi connectivity index (χ3v) is 3.20. The molecule has 0 aliphatic heterocycles. The van der Waals surface area contributed by atoms with Crippen molar-refractivity contribution in [3.8, 4) is 0 Å². The van der Waals surface area contributed by atoms with E-state index in [-0.39, 0.29) is 24.6 Å². The Kier molecular flexibility index (Phi) is 6.22. The number of nitrogens with zero attached hydrogens (tertiary/aromatic N) is 1. The number of carbonyl (C=O) groups is 1. The molecule has 0 atom stereocenters. The lowest BCUT2D eigenvalue weighted by Crippen LogP contribution is -2.42. The average molecular weight is 269 g/mol. The van der Waals surface area contributed by atoms with E-state index in [1.807, 2.05) is 0 Å². The largest absolute Gasteiger partial charge is 0.449 e. The van der Waals surface area contributed by atoms with E-state index in [1.165, 1.54) is 7.05 Å². The first-order valence-electron chi connectivity index (χ1n) is 4.48. The maximum Gasteiger partial charge on any atom is 0.421 e. The van der Waals surface area contributed by atoms with Gasteiger partial charge in [0.1, 0.15) is 0 Å². The van der Waals surface area contributed by atoms with E-state index >= 15 is 0 Å². The van der Waals surface area contributed by atoms with Gasteiger partial charge in [-0.1, -0.05) is 12.2 Å². The van der Waals surface area contributed by atoms with Crippen LogP contribution in [-0.2, 0) is 14.9 Å². The highest BCUT2D eigenvalue weighted by Crippen LogP contribution is 1.96. The van der Waals surface area contributed by atoms with E-state index in [0.717, 1.165) is 4.31 Å². The van der Waals surface area contributed by atoms with Crippen molar-refractivity contribution in [1.82, 2.24) is 9.03 Å². The van der Waals surface area contributed by atoms with Gasteiger partial charge in [-0.2, -0.15) is 12.7 Å². The van der Waals surface area contributed by atoms with Crippen molar-refractivity contribution in [1.29, 1.82) is 0 Å². The van der Waals surface area contributed by atoms with Gasteiger partial charge in [0, 0.05) is 20.0 Å². The molecule has 9 heteroatoms. The molecule has 3 N–H and O–H groups in total. The summed E-state index contributed by atoms with van der Waals surface area (Å²) in [5.41, 5.74) is 5.23. The zero-order chi connectivity index (χ0) is 12.8. The quantitative estimate of drug-likeness (QED) is 0.635. The first-order valence-corrected chi connectivity index (χ1v) is 6.33. The van der Waals surface area contributed by atoms with Gasteiger partial charge in [-0.25, -0.2) is 9.52 Å². The van der Waals surface area contributed by atoms with Crippen LogP contribution < -0.4 is 10.5 Å². The highest BCUT2D eigenvalue weighted by molar-refractivity contribution is 7.87. The van der Waals surface area contributed by atoms with Gasteiger partial charge in [0.05, 0.1) is 11.6 Å². The number of nitrogens with one attached hydrogen (secondary N) is 1. The molecule has 1 amide bonds. The van der Waals surface area contributed by atoms with Crippen LogP contribution in [0.15, 0.2) is 0 Å². The van der Waals surface area contributed by atoms with Crippen LogP contribution in [0.2, 0.25) is 0 Å². The van der Waals surface area contributed by atoms with Gasteiger partial charge in [-0.15, -0.1) is 0 Å². The lowest BCUT2D eigenvalue weighted by Gasteiger charge is -2.16. The topological polar surface area (TPSA) is 102 Å². The Morgan fingerprint density at radius 2 is 2.12 bits per heavy atom. The lowest BCUT2D eigenvalue weighted by atomic mass is 10.4. The van der Waals surface area contributed by atoms with Crippen LogP contribution in [0.5, 0.6) is 0 Å². The molecule has 16 heavy (non-hydrogen) atoms. The fourth-order valence-electron chi connectivity index (χ4n) is 0.732. The molecule has 0 aromatic carbocycles. The molecular weight excluding hydrogens is 254 g/mol. The van der Waals surface area contributed by atoms with Crippen molar-refractivity contribution in [2.24, 2.45) is 5.73 Å². The molecule has 0 aromatic rings. The van der Waals surface area contributed by atoms with E-state index in [2.05, 4.69) is 17.0 Å². The number of amides is 1. The van der Waals surface area contributed by atoms with Crippen molar-refractivity contribution in [2.45, 2.75) is 13.3 Å². The minimum absolute atomic E-state index is 0.0952. The van der Waals surface area contributed by atoms with Crippen LogP contribution in [-0.4, -0.2) is 44.0 Å². The highest BCUT2D eigenvalue weighted by Gasteiger charge is 2.20. The molecule has 0 aliphatic carbocycles. The summed E-state index contributed by atoms with van der Waals surface area (Å²) in [5.74, 6) is 0. The highest BCUT2D eigenvalue weighted by atomic mass is 32.2. The minimum Gasteiger partial charge on any atom is -0.449 e. The first-order chi connectivity index (χ1) is 7.29. The second-order valence-electron chi connectivity index (χ2n) is 2.87. The third-order valence-electron chi connectivity index (χ3n) is 1.57. The Bertz CT molecular complexity index is 355. The van der Waals surface area contributed by atoms with Gasteiger partial charge in [0.15, 0.2) is 0 Å². The lowest BCUT2D eigenvalue weighted by molar-refractivity contribution is 0.158. The maximum atomic E-state index is 11.5. The predicted molar refractivity (Wildman–Crippen MR) is 63.1 cm³/mol. The molecule has 0 rings (SSSR count).